The van der Waals surface area contributed by atoms with Gasteiger partial charge in [0.2, 0.25) is 0 Å². The molecule has 1 aliphatic carbocycles. The van der Waals surface area contributed by atoms with Crippen LogP contribution in [0.3, 0.4) is 0 Å². The summed E-state index contributed by atoms with van der Waals surface area (Å²) in [6.45, 7) is -1.19. The van der Waals surface area contributed by atoms with Crippen molar-refractivity contribution in [1.82, 2.24) is 15.5 Å². The third-order valence-corrected chi connectivity index (χ3v) is 4.89. The number of carbonyl (C=O) groups excluding carboxylic acids is 2. The number of rotatable bonds is 5. The molecule has 7 nitrogen and oxygen atoms in total. The van der Waals surface area contributed by atoms with Gasteiger partial charge in [-0.15, -0.1) is 0 Å². The van der Waals surface area contributed by atoms with Crippen LogP contribution in [0.5, 0.6) is 0 Å². The van der Waals surface area contributed by atoms with Gasteiger partial charge < -0.3 is 20.6 Å². The highest BCUT2D eigenvalue weighted by molar-refractivity contribution is 5.94. The van der Waals surface area contributed by atoms with E-state index < -0.39 is 43.1 Å². The van der Waals surface area contributed by atoms with Gasteiger partial charge in [-0.1, -0.05) is 12.1 Å². The number of urea groups is 1. The SMILES string of the molecule is O=C(NC1CC1)c1cccc(CNC(=O)N2C[C@@H](C(F)(F)F)[C@H](C(=O)O)C2)c1. The molecule has 1 saturated carbocycles. The molecular formula is C18H20F3N3O4. The van der Waals surface area contributed by atoms with Gasteiger partial charge in [0.05, 0.1) is 11.8 Å². The largest absolute Gasteiger partial charge is 0.481 e. The predicted molar refractivity (Wildman–Crippen MR) is 91.4 cm³/mol. The molecule has 1 aromatic carbocycles. The van der Waals surface area contributed by atoms with Gasteiger partial charge in [0.1, 0.15) is 0 Å². The summed E-state index contributed by atoms with van der Waals surface area (Å²) in [4.78, 5) is 36.2. The number of hydrogen-bond acceptors (Lipinski definition) is 3. The zero-order valence-corrected chi connectivity index (χ0v) is 14.8. The summed E-state index contributed by atoms with van der Waals surface area (Å²) in [5, 5.41) is 14.3. The Bertz CT molecular complexity index is 780. The Balaban J connectivity index is 1.58. The van der Waals surface area contributed by atoms with Crippen LogP contribution in [0.1, 0.15) is 28.8 Å². The highest BCUT2D eigenvalue weighted by atomic mass is 19.4. The Morgan fingerprint density at radius 1 is 1.18 bits per heavy atom. The van der Waals surface area contributed by atoms with E-state index in [4.69, 9.17) is 5.11 Å². The number of amides is 3. The Morgan fingerprint density at radius 2 is 1.89 bits per heavy atom. The van der Waals surface area contributed by atoms with Crippen LogP contribution < -0.4 is 10.6 Å². The first kappa shape index (κ1) is 20.0. The van der Waals surface area contributed by atoms with Gasteiger partial charge in [-0.2, -0.15) is 13.2 Å². The highest BCUT2D eigenvalue weighted by Gasteiger charge is 2.53. The molecule has 28 heavy (non-hydrogen) atoms. The fourth-order valence-corrected chi connectivity index (χ4v) is 3.16. The molecule has 0 spiro atoms. The molecule has 0 bridgehead atoms. The van der Waals surface area contributed by atoms with E-state index in [1.54, 1.807) is 24.3 Å². The molecule has 2 fully saturated rings. The summed E-state index contributed by atoms with van der Waals surface area (Å²) >= 11 is 0. The van der Waals surface area contributed by atoms with E-state index in [-0.39, 0.29) is 18.5 Å². The quantitative estimate of drug-likeness (QED) is 0.705. The minimum Gasteiger partial charge on any atom is -0.481 e. The molecule has 3 amide bonds. The Morgan fingerprint density at radius 3 is 2.46 bits per heavy atom. The summed E-state index contributed by atoms with van der Waals surface area (Å²) in [5.74, 6) is -5.56. The fourth-order valence-electron chi connectivity index (χ4n) is 3.16. The van der Waals surface area contributed by atoms with Crippen LogP contribution in [0.2, 0.25) is 0 Å². The highest BCUT2D eigenvalue weighted by Crippen LogP contribution is 2.37. The molecule has 2 atom stereocenters. The summed E-state index contributed by atoms with van der Waals surface area (Å²) < 4.78 is 39.0. The Hall–Kier alpha value is -2.78. The van der Waals surface area contributed by atoms with E-state index in [0.29, 0.717) is 11.1 Å². The van der Waals surface area contributed by atoms with Crippen LogP contribution >= 0.6 is 0 Å². The first-order chi connectivity index (χ1) is 13.1. The predicted octanol–water partition coefficient (Wildman–Crippen LogP) is 1.98. The second-order valence-corrected chi connectivity index (χ2v) is 7.10. The summed E-state index contributed by atoms with van der Waals surface area (Å²) in [7, 11) is 0. The minimum atomic E-state index is -4.69. The number of carbonyl (C=O) groups is 3. The zero-order chi connectivity index (χ0) is 20.5. The van der Waals surface area contributed by atoms with E-state index in [9.17, 15) is 27.6 Å². The number of aliphatic carboxylic acids is 1. The van der Waals surface area contributed by atoms with Crippen LogP contribution in [-0.4, -0.2) is 53.2 Å². The van der Waals surface area contributed by atoms with Crippen LogP contribution in [-0.2, 0) is 11.3 Å². The van der Waals surface area contributed by atoms with Gasteiger partial charge in [0.25, 0.3) is 5.91 Å². The normalized spacial score (nSPS) is 22.0. The second-order valence-electron chi connectivity index (χ2n) is 7.10. The van der Waals surface area contributed by atoms with Crippen molar-refractivity contribution in [2.24, 2.45) is 11.8 Å². The molecule has 0 aromatic heterocycles. The maximum Gasteiger partial charge on any atom is 0.394 e. The lowest BCUT2D eigenvalue weighted by Crippen LogP contribution is -2.39. The monoisotopic (exact) mass is 399 g/mol. The molecule has 3 rings (SSSR count). The molecule has 152 valence electrons. The average molecular weight is 399 g/mol. The van der Waals surface area contributed by atoms with E-state index in [1.807, 2.05) is 0 Å². The number of benzene rings is 1. The molecular weight excluding hydrogens is 379 g/mol. The maximum atomic E-state index is 13.0. The van der Waals surface area contributed by atoms with Crippen molar-refractivity contribution in [3.63, 3.8) is 0 Å². The Kier molecular flexibility index (Phi) is 5.48. The molecule has 2 aliphatic rings. The summed E-state index contributed by atoms with van der Waals surface area (Å²) in [5.41, 5.74) is 1.04. The van der Waals surface area contributed by atoms with Crippen molar-refractivity contribution in [2.45, 2.75) is 31.6 Å². The summed E-state index contributed by atoms with van der Waals surface area (Å²) in [6.07, 6.45) is -2.79. The minimum absolute atomic E-state index is 0.00824. The molecule has 1 heterocycles. The molecule has 10 heteroatoms. The van der Waals surface area contributed by atoms with E-state index in [0.717, 1.165) is 17.7 Å². The number of alkyl halides is 3. The first-order valence-electron chi connectivity index (χ1n) is 8.87. The first-order valence-corrected chi connectivity index (χ1v) is 8.87. The van der Waals surface area contributed by atoms with Crippen LogP contribution in [0.4, 0.5) is 18.0 Å². The van der Waals surface area contributed by atoms with Gasteiger partial charge in [-0.3, -0.25) is 9.59 Å². The standard InChI is InChI=1S/C18H20F3N3O4/c19-18(20,21)14-9-24(8-13(14)16(26)27)17(28)22-7-10-2-1-3-11(6-10)15(25)23-12-4-5-12/h1-3,6,12-14H,4-5,7-9H2,(H,22,28)(H,23,25)(H,26,27)/t13-,14-/m1/s1. The number of carboxylic acids is 1. The van der Waals surface area contributed by atoms with Gasteiger partial charge >= 0.3 is 18.2 Å². The van der Waals surface area contributed by atoms with Gasteiger partial charge in [0, 0.05) is 31.2 Å². The van der Waals surface area contributed by atoms with Crippen molar-refractivity contribution >= 4 is 17.9 Å². The fraction of sp³-hybridized carbons (Fsp3) is 0.500. The molecule has 0 unspecified atom stereocenters. The number of likely N-dealkylation sites (tertiary alicyclic amines) is 1. The second kappa shape index (κ2) is 7.69. The van der Waals surface area contributed by atoms with Crippen LogP contribution in [0.15, 0.2) is 24.3 Å². The number of carboxylic acid groups (broad SMARTS) is 1. The van der Waals surface area contributed by atoms with Crippen molar-refractivity contribution in [3.8, 4) is 0 Å². The molecule has 3 N–H and O–H groups in total. The van der Waals surface area contributed by atoms with Crippen LogP contribution in [0.25, 0.3) is 0 Å². The van der Waals surface area contributed by atoms with Gasteiger partial charge in [0.15, 0.2) is 0 Å². The molecule has 1 aliphatic heterocycles. The average Bonchev–Trinajstić information content (AvgIpc) is 3.31. The van der Waals surface area contributed by atoms with E-state index in [2.05, 4.69) is 10.6 Å². The van der Waals surface area contributed by atoms with Crippen LogP contribution in [0, 0.1) is 11.8 Å². The maximum absolute atomic E-state index is 13.0. The third kappa shape index (κ3) is 4.73. The number of hydrogen-bond donors (Lipinski definition) is 3. The lowest BCUT2D eigenvalue weighted by molar-refractivity contribution is -0.187. The third-order valence-electron chi connectivity index (χ3n) is 4.89. The number of nitrogens with one attached hydrogen (secondary N) is 2. The topological polar surface area (TPSA) is 98.7 Å². The lowest BCUT2D eigenvalue weighted by Gasteiger charge is -2.18. The van der Waals surface area contributed by atoms with Gasteiger partial charge in [-0.05, 0) is 30.5 Å². The van der Waals surface area contributed by atoms with E-state index in [1.165, 1.54) is 0 Å². The lowest BCUT2D eigenvalue weighted by atomic mass is 9.96. The zero-order valence-electron chi connectivity index (χ0n) is 14.8. The molecule has 1 saturated heterocycles. The van der Waals surface area contributed by atoms with Crippen molar-refractivity contribution in [2.75, 3.05) is 13.1 Å². The molecule has 0 radical (unpaired) electrons. The number of nitrogens with zero attached hydrogens (tertiary/aromatic N) is 1. The summed E-state index contributed by atoms with van der Waals surface area (Å²) in [6, 6.07) is 5.99. The number of halogens is 3. The van der Waals surface area contributed by atoms with Crippen molar-refractivity contribution in [3.05, 3.63) is 35.4 Å². The smallest absolute Gasteiger partial charge is 0.394 e. The molecule has 1 aromatic rings. The van der Waals surface area contributed by atoms with Crippen molar-refractivity contribution < 1.29 is 32.7 Å². The van der Waals surface area contributed by atoms with Crippen molar-refractivity contribution in [1.29, 1.82) is 0 Å². The van der Waals surface area contributed by atoms with E-state index >= 15 is 0 Å². The Labute approximate surface area is 158 Å². The van der Waals surface area contributed by atoms with Gasteiger partial charge in [-0.25, -0.2) is 4.79 Å².